The number of carbonyl (C=O) groups is 1. The van der Waals surface area contributed by atoms with E-state index in [2.05, 4.69) is 5.32 Å². The number of rotatable bonds is 6. The standard InChI is InChI=1S/C16H14F3NO3/c1-22-10-2-4-11(5-3-10)23-9-8-20-16(21)14-12(17)6-7-13(18)15(14)19/h2-7H,8-9H2,1H3,(H,20,21). The van der Waals surface area contributed by atoms with E-state index in [1.54, 1.807) is 24.3 Å². The SMILES string of the molecule is COc1ccc(OCCNC(=O)c2c(F)ccc(F)c2F)cc1. The summed E-state index contributed by atoms with van der Waals surface area (Å²) in [6, 6.07) is 8.06. The first-order chi connectivity index (χ1) is 11.0. The zero-order valence-electron chi connectivity index (χ0n) is 12.2. The lowest BCUT2D eigenvalue weighted by Gasteiger charge is -2.09. The largest absolute Gasteiger partial charge is 0.497 e. The maximum Gasteiger partial charge on any atom is 0.257 e. The first-order valence-corrected chi connectivity index (χ1v) is 6.71. The van der Waals surface area contributed by atoms with Gasteiger partial charge in [-0.05, 0) is 36.4 Å². The van der Waals surface area contributed by atoms with Crippen molar-refractivity contribution in [2.75, 3.05) is 20.3 Å². The van der Waals surface area contributed by atoms with Crippen LogP contribution in [-0.4, -0.2) is 26.2 Å². The van der Waals surface area contributed by atoms with E-state index >= 15 is 0 Å². The topological polar surface area (TPSA) is 47.6 Å². The van der Waals surface area contributed by atoms with Crippen molar-refractivity contribution in [1.82, 2.24) is 5.32 Å². The molecule has 0 fully saturated rings. The van der Waals surface area contributed by atoms with Gasteiger partial charge in [-0.3, -0.25) is 4.79 Å². The summed E-state index contributed by atoms with van der Waals surface area (Å²) in [5.41, 5.74) is -0.950. The minimum absolute atomic E-state index is 0.000254. The predicted molar refractivity (Wildman–Crippen MR) is 77.1 cm³/mol. The number of carbonyl (C=O) groups excluding carboxylic acids is 1. The summed E-state index contributed by atoms with van der Waals surface area (Å²) in [6.07, 6.45) is 0. The van der Waals surface area contributed by atoms with Gasteiger partial charge in [0.25, 0.3) is 5.91 Å². The normalized spacial score (nSPS) is 10.3. The lowest BCUT2D eigenvalue weighted by Crippen LogP contribution is -2.29. The van der Waals surface area contributed by atoms with E-state index < -0.39 is 28.9 Å². The number of nitrogens with one attached hydrogen (secondary N) is 1. The van der Waals surface area contributed by atoms with Crippen LogP contribution < -0.4 is 14.8 Å². The van der Waals surface area contributed by atoms with Gasteiger partial charge in [-0.1, -0.05) is 0 Å². The molecule has 0 radical (unpaired) electrons. The van der Waals surface area contributed by atoms with Crippen molar-refractivity contribution in [3.63, 3.8) is 0 Å². The van der Waals surface area contributed by atoms with Crippen molar-refractivity contribution in [3.05, 3.63) is 59.4 Å². The summed E-state index contributed by atoms with van der Waals surface area (Å²) in [4.78, 5) is 11.7. The number of hydrogen-bond acceptors (Lipinski definition) is 3. The molecule has 7 heteroatoms. The first kappa shape index (κ1) is 16.7. The fraction of sp³-hybridized carbons (Fsp3) is 0.188. The zero-order valence-corrected chi connectivity index (χ0v) is 12.2. The van der Waals surface area contributed by atoms with E-state index in [4.69, 9.17) is 9.47 Å². The van der Waals surface area contributed by atoms with Gasteiger partial charge in [-0.15, -0.1) is 0 Å². The van der Waals surface area contributed by atoms with E-state index in [9.17, 15) is 18.0 Å². The fourth-order valence-electron chi connectivity index (χ4n) is 1.83. The average Bonchev–Trinajstić information content (AvgIpc) is 2.56. The quantitative estimate of drug-likeness (QED) is 0.656. The molecule has 0 saturated carbocycles. The van der Waals surface area contributed by atoms with Gasteiger partial charge in [-0.25, -0.2) is 13.2 Å². The van der Waals surface area contributed by atoms with Gasteiger partial charge in [0, 0.05) is 0 Å². The van der Waals surface area contributed by atoms with Crippen LogP contribution in [0.5, 0.6) is 11.5 Å². The van der Waals surface area contributed by atoms with Crippen molar-refractivity contribution >= 4 is 5.91 Å². The second kappa shape index (κ2) is 7.53. The summed E-state index contributed by atoms with van der Waals surface area (Å²) in [7, 11) is 1.54. The lowest BCUT2D eigenvalue weighted by atomic mass is 10.1. The molecule has 4 nitrogen and oxygen atoms in total. The molecule has 0 aromatic heterocycles. The number of amides is 1. The maximum absolute atomic E-state index is 13.4. The van der Waals surface area contributed by atoms with Crippen LogP contribution in [0.25, 0.3) is 0 Å². The van der Waals surface area contributed by atoms with Gasteiger partial charge in [0.05, 0.1) is 13.7 Å². The van der Waals surface area contributed by atoms with Crippen LogP contribution in [0.2, 0.25) is 0 Å². The third-order valence-corrected chi connectivity index (χ3v) is 2.99. The Labute approximate surface area is 130 Å². The average molecular weight is 325 g/mol. The third-order valence-electron chi connectivity index (χ3n) is 2.99. The Bertz CT molecular complexity index is 690. The smallest absolute Gasteiger partial charge is 0.257 e. The fourth-order valence-corrected chi connectivity index (χ4v) is 1.83. The molecule has 0 spiro atoms. The first-order valence-electron chi connectivity index (χ1n) is 6.71. The van der Waals surface area contributed by atoms with E-state index in [0.29, 0.717) is 23.6 Å². The summed E-state index contributed by atoms with van der Waals surface area (Å²) < 4.78 is 50.2. The zero-order chi connectivity index (χ0) is 16.8. The highest BCUT2D eigenvalue weighted by Gasteiger charge is 2.20. The van der Waals surface area contributed by atoms with Gasteiger partial charge in [0.2, 0.25) is 0 Å². The molecule has 1 amide bonds. The van der Waals surface area contributed by atoms with Crippen LogP contribution in [0.4, 0.5) is 13.2 Å². The van der Waals surface area contributed by atoms with Crippen LogP contribution in [0.1, 0.15) is 10.4 Å². The maximum atomic E-state index is 13.4. The highest BCUT2D eigenvalue weighted by molar-refractivity contribution is 5.94. The van der Waals surface area contributed by atoms with Crippen molar-refractivity contribution in [2.45, 2.75) is 0 Å². The van der Waals surface area contributed by atoms with Crippen LogP contribution in [-0.2, 0) is 0 Å². The molecule has 0 aliphatic carbocycles. The molecule has 0 unspecified atom stereocenters. The molecular weight excluding hydrogens is 311 g/mol. The Balaban J connectivity index is 1.86. The molecule has 0 heterocycles. The van der Waals surface area contributed by atoms with Crippen molar-refractivity contribution in [3.8, 4) is 11.5 Å². The molecule has 2 aromatic carbocycles. The van der Waals surface area contributed by atoms with Crippen LogP contribution in [0.15, 0.2) is 36.4 Å². The van der Waals surface area contributed by atoms with Gasteiger partial charge in [0.1, 0.15) is 29.5 Å². The van der Waals surface area contributed by atoms with Crippen LogP contribution in [0.3, 0.4) is 0 Å². The molecule has 0 aliphatic rings. The molecular formula is C16H14F3NO3. The summed E-state index contributed by atoms with van der Waals surface area (Å²) >= 11 is 0. The number of hydrogen-bond donors (Lipinski definition) is 1. The summed E-state index contributed by atoms with van der Waals surface area (Å²) in [5, 5.41) is 2.27. The molecule has 0 saturated heterocycles. The molecule has 0 aliphatic heterocycles. The van der Waals surface area contributed by atoms with E-state index in [1.807, 2.05) is 0 Å². The third kappa shape index (κ3) is 4.15. The van der Waals surface area contributed by atoms with Crippen molar-refractivity contribution < 1.29 is 27.4 Å². The highest BCUT2D eigenvalue weighted by atomic mass is 19.2. The van der Waals surface area contributed by atoms with E-state index in [-0.39, 0.29) is 13.2 Å². The molecule has 0 bridgehead atoms. The minimum Gasteiger partial charge on any atom is -0.497 e. The second-order valence-electron chi connectivity index (χ2n) is 4.50. The van der Waals surface area contributed by atoms with Gasteiger partial charge < -0.3 is 14.8 Å². The van der Waals surface area contributed by atoms with Gasteiger partial charge in [0.15, 0.2) is 11.6 Å². The van der Waals surface area contributed by atoms with Crippen LogP contribution in [0, 0.1) is 17.5 Å². The Morgan fingerprint density at radius 1 is 1.00 bits per heavy atom. The predicted octanol–water partition coefficient (Wildman–Crippen LogP) is 2.92. The van der Waals surface area contributed by atoms with Gasteiger partial charge >= 0.3 is 0 Å². The Morgan fingerprint density at radius 2 is 1.61 bits per heavy atom. The Morgan fingerprint density at radius 3 is 2.26 bits per heavy atom. The van der Waals surface area contributed by atoms with Crippen molar-refractivity contribution in [1.29, 1.82) is 0 Å². The minimum atomic E-state index is -1.52. The number of halogens is 3. The van der Waals surface area contributed by atoms with E-state index in [1.165, 1.54) is 7.11 Å². The molecule has 122 valence electrons. The van der Waals surface area contributed by atoms with Crippen LogP contribution >= 0.6 is 0 Å². The highest BCUT2D eigenvalue weighted by Crippen LogP contribution is 2.17. The molecule has 2 rings (SSSR count). The number of methoxy groups -OCH3 is 1. The Kier molecular flexibility index (Phi) is 5.46. The summed E-state index contributed by atoms with van der Waals surface area (Å²) in [6.45, 7) is 0.0802. The lowest BCUT2D eigenvalue weighted by molar-refractivity contribution is 0.0937. The molecule has 1 N–H and O–H groups in total. The van der Waals surface area contributed by atoms with Gasteiger partial charge in [-0.2, -0.15) is 0 Å². The van der Waals surface area contributed by atoms with E-state index in [0.717, 1.165) is 0 Å². The second-order valence-corrected chi connectivity index (χ2v) is 4.50. The molecule has 23 heavy (non-hydrogen) atoms. The Hall–Kier alpha value is -2.70. The summed E-state index contributed by atoms with van der Waals surface area (Å²) in [5.74, 6) is -3.76. The van der Waals surface area contributed by atoms with Crippen molar-refractivity contribution in [2.24, 2.45) is 0 Å². The molecule has 2 aromatic rings. The monoisotopic (exact) mass is 325 g/mol. The number of benzene rings is 2. The molecule has 0 atom stereocenters. The number of ether oxygens (including phenoxy) is 2.